The number of nitrogens with one attached hydrogen (secondary N) is 1. The van der Waals surface area contributed by atoms with Crippen molar-refractivity contribution in [3.63, 3.8) is 0 Å². The molecule has 0 aromatic heterocycles. The van der Waals surface area contributed by atoms with Crippen LogP contribution >= 0.6 is 23.2 Å². The first kappa shape index (κ1) is 15.4. The number of benzene rings is 1. The Hall–Kier alpha value is -0.980. The predicted octanol–water partition coefficient (Wildman–Crippen LogP) is 1.48. The molecule has 1 heterocycles. The summed E-state index contributed by atoms with van der Waals surface area (Å²) in [6, 6.07) is 4.02. The summed E-state index contributed by atoms with van der Waals surface area (Å²) in [4.78, 5) is 12.2. The van der Waals surface area contributed by atoms with Gasteiger partial charge in [-0.05, 0) is 18.2 Å². The van der Waals surface area contributed by atoms with Gasteiger partial charge in [-0.2, -0.15) is 0 Å². The molecule has 1 aromatic rings. The summed E-state index contributed by atoms with van der Waals surface area (Å²) >= 11 is 11.8. The van der Waals surface area contributed by atoms with Crippen LogP contribution in [0.15, 0.2) is 18.2 Å². The van der Waals surface area contributed by atoms with Crippen LogP contribution in [0.25, 0.3) is 0 Å². The zero-order valence-corrected chi connectivity index (χ0v) is 12.9. The molecule has 0 bridgehead atoms. The van der Waals surface area contributed by atoms with Gasteiger partial charge in [-0.3, -0.25) is 4.79 Å². The van der Waals surface area contributed by atoms with Crippen molar-refractivity contribution < 1.29 is 17.9 Å². The van der Waals surface area contributed by atoms with Gasteiger partial charge < -0.3 is 10.1 Å². The van der Waals surface area contributed by atoms with Gasteiger partial charge in [0.25, 0.3) is 5.91 Å². The maximum absolute atomic E-state index is 12.2. The Bertz CT molecular complexity index is 632. The van der Waals surface area contributed by atoms with Crippen LogP contribution in [0.3, 0.4) is 0 Å². The highest BCUT2D eigenvalue weighted by Crippen LogP contribution is 2.24. The number of carbonyl (C=O) groups excluding carboxylic acids is 1. The molecule has 1 amide bonds. The molecule has 1 aliphatic heterocycles. The fourth-order valence-electron chi connectivity index (χ4n) is 2.04. The lowest BCUT2D eigenvalue weighted by Crippen LogP contribution is -2.40. The topological polar surface area (TPSA) is 72.5 Å². The fraction of sp³-hybridized carbons (Fsp3) is 0.417. The molecule has 2 rings (SSSR count). The van der Waals surface area contributed by atoms with Crippen LogP contribution in [0.4, 0.5) is 0 Å². The maximum atomic E-state index is 12.2. The van der Waals surface area contributed by atoms with Crippen molar-refractivity contribution in [1.82, 2.24) is 5.32 Å². The summed E-state index contributed by atoms with van der Waals surface area (Å²) in [7, 11) is -1.77. The molecular formula is C12H13Cl2NO4S. The average Bonchev–Trinajstić information content (AvgIpc) is 2.62. The molecule has 1 aliphatic rings. The van der Waals surface area contributed by atoms with Crippen molar-refractivity contribution in [2.75, 3.05) is 18.6 Å². The number of amides is 1. The number of alkyl halides is 1. The molecule has 1 aromatic carbocycles. The number of hydrogen-bond donors (Lipinski definition) is 1. The number of halogens is 2. The van der Waals surface area contributed by atoms with Gasteiger partial charge in [0.2, 0.25) is 0 Å². The molecule has 2 unspecified atom stereocenters. The third-order valence-electron chi connectivity index (χ3n) is 3.01. The Balaban J connectivity index is 2.19. The SMILES string of the molecule is COc1ccc(Cl)cc1C(=O)NC1CS(=O)(=O)CC1Cl. The second-order valence-corrected chi connectivity index (χ2v) is 7.67. The van der Waals surface area contributed by atoms with Crippen molar-refractivity contribution in [3.8, 4) is 5.75 Å². The highest BCUT2D eigenvalue weighted by Gasteiger charge is 2.37. The third-order valence-corrected chi connectivity index (χ3v) is 5.62. The van der Waals surface area contributed by atoms with Gasteiger partial charge in [0.15, 0.2) is 9.84 Å². The quantitative estimate of drug-likeness (QED) is 0.848. The normalized spacial score (nSPS) is 24.4. The van der Waals surface area contributed by atoms with Crippen LogP contribution in [-0.2, 0) is 9.84 Å². The first-order valence-corrected chi connectivity index (χ1v) is 8.45. The van der Waals surface area contributed by atoms with E-state index in [1.165, 1.54) is 13.2 Å². The van der Waals surface area contributed by atoms with Gasteiger partial charge >= 0.3 is 0 Å². The summed E-state index contributed by atoms with van der Waals surface area (Å²) in [6.07, 6.45) is 0. The van der Waals surface area contributed by atoms with Crippen LogP contribution in [0.2, 0.25) is 5.02 Å². The van der Waals surface area contributed by atoms with E-state index in [-0.39, 0.29) is 17.1 Å². The van der Waals surface area contributed by atoms with Gasteiger partial charge in [0, 0.05) is 5.02 Å². The minimum atomic E-state index is -3.20. The van der Waals surface area contributed by atoms with Gasteiger partial charge in [-0.25, -0.2) is 8.42 Å². The number of methoxy groups -OCH3 is 1. The van der Waals surface area contributed by atoms with Gasteiger partial charge in [-0.1, -0.05) is 11.6 Å². The Kier molecular flexibility index (Phi) is 4.46. The molecule has 20 heavy (non-hydrogen) atoms. The van der Waals surface area contributed by atoms with E-state index in [0.29, 0.717) is 10.8 Å². The Morgan fingerprint density at radius 1 is 1.40 bits per heavy atom. The summed E-state index contributed by atoms with van der Waals surface area (Å²) in [5.41, 5.74) is 0.244. The number of carbonyl (C=O) groups is 1. The highest BCUT2D eigenvalue weighted by atomic mass is 35.5. The van der Waals surface area contributed by atoms with Crippen LogP contribution in [0, 0.1) is 0 Å². The molecule has 0 radical (unpaired) electrons. The molecular weight excluding hydrogens is 325 g/mol. The Morgan fingerprint density at radius 3 is 2.65 bits per heavy atom. The predicted molar refractivity (Wildman–Crippen MR) is 77.6 cm³/mol. The molecule has 8 heteroatoms. The first-order chi connectivity index (χ1) is 9.32. The zero-order valence-electron chi connectivity index (χ0n) is 10.6. The first-order valence-electron chi connectivity index (χ1n) is 5.81. The standard InChI is InChI=1S/C12H13Cl2NO4S/c1-19-11-3-2-7(13)4-8(11)12(16)15-10-6-20(17,18)5-9(10)14/h2-4,9-10H,5-6H2,1H3,(H,15,16). The van der Waals surface area contributed by atoms with Gasteiger partial charge in [-0.15, -0.1) is 11.6 Å². The number of ether oxygens (including phenoxy) is 1. The Morgan fingerprint density at radius 2 is 2.10 bits per heavy atom. The lowest BCUT2D eigenvalue weighted by molar-refractivity contribution is 0.0938. The minimum Gasteiger partial charge on any atom is -0.496 e. The van der Waals surface area contributed by atoms with Gasteiger partial charge in [0.05, 0.1) is 35.6 Å². The van der Waals surface area contributed by atoms with Crippen LogP contribution in [0.5, 0.6) is 5.75 Å². The van der Waals surface area contributed by atoms with E-state index in [1.807, 2.05) is 0 Å². The summed E-state index contributed by atoms with van der Waals surface area (Å²) in [5.74, 6) is -0.391. The fourth-order valence-corrected chi connectivity index (χ4v) is 4.76. The number of sulfone groups is 1. The summed E-state index contributed by atoms with van der Waals surface area (Å²) in [6.45, 7) is 0. The van der Waals surface area contributed by atoms with E-state index in [4.69, 9.17) is 27.9 Å². The molecule has 1 N–H and O–H groups in total. The monoisotopic (exact) mass is 337 g/mol. The second-order valence-electron chi connectivity index (χ2n) is 4.52. The van der Waals surface area contributed by atoms with Crippen LogP contribution in [0.1, 0.15) is 10.4 Å². The van der Waals surface area contributed by atoms with Crippen molar-refractivity contribution in [2.24, 2.45) is 0 Å². The maximum Gasteiger partial charge on any atom is 0.255 e. The molecule has 0 spiro atoms. The Labute approximate surface area is 127 Å². The van der Waals surface area contributed by atoms with Crippen molar-refractivity contribution in [1.29, 1.82) is 0 Å². The second kappa shape index (κ2) is 5.79. The molecule has 110 valence electrons. The lowest BCUT2D eigenvalue weighted by atomic mass is 10.1. The van der Waals surface area contributed by atoms with E-state index >= 15 is 0 Å². The molecule has 1 saturated heterocycles. The third kappa shape index (κ3) is 3.37. The van der Waals surface area contributed by atoms with E-state index in [1.54, 1.807) is 12.1 Å². The van der Waals surface area contributed by atoms with Crippen LogP contribution < -0.4 is 10.1 Å². The molecule has 0 saturated carbocycles. The zero-order chi connectivity index (χ0) is 14.9. The summed E-state index contributed by atoms with van der Waals surface area (Å²) in [5, 5.41) is 2.37. The highest BCUT2D eigenvalue weighted by molar-refractivity contribution is 7.91. The minimum absolute atomic E-state index is 0.133. The lowest BCUT2D eigenvalue weighted by Gasteiger charge is -2.15. The molecule has 0 aliphatic carbocycles. The van der Waals surface area contributed by atoms with Crippen LogP contribution in [-0.4, -0.2) is 44.4 Å². The van der Waals surface area contributed by atoms with E-state index in [0.717, 1.165) is 0 Å². The summed E-state index contributed by atoms with van der Waals surface area (Å²) < 4.78 is 28.0. The van der Waals surface area contributed by atoms with E-state index in [9.17, 15) is 13.2 Å². The van der Waals surface area contributed by atoms with Crippen molar-refractivity contribution in [3.05, 3.63) is 28.8 Å². The van der Waals surface area contributed by atoms with Crippen molar-refractivity contribution >= 4 is 38.9 Å². The molecule has 1 fully saturated rings. The largest absolute Gasteiger partial charge is 0.496 e. The van der Waals surface area contributed by atoms with Gasteiger partial charge in [0.1, 0.15) is 5.75 Å². The smallest absolute Gasteiger partial charge is 0.255 e. The van der Waals surface area contributed by atoms with E-state index in [2.05, 4.69) is 5.32 Å². The van der Waals surface area contributed by atoms with Crippen molar-refractivity contribution in [2.45, 2.75) is 11.4 Å². The number of hydrogen-bond acceptors (Lipinski definition) is 4. The number of rotatable bonds is 3. The molecule has 5 nitrogen and oxygen atoms in total. The van der Waals surface area contributed by atoms with E-state index < -0.39 is 27.2 Å². The molecule has 2 atom stereocenters. The average molecular weight is 338 g/mol.